The van der Waals surface area contributed by atoms with E-state index in [4.69, 9.17) is 0 Å². The van der Waals surface area contributed by atoms with Gasteiger partial charge in [-0.15, -0.1) is 0 Å². The van der Waals surface area contributed by atoms with Crippen LogP contribution in [0.1, 0.15) is 12.7 Å². The number of benzene rings is 1. The summed E-state index contributed by atoms with van der Waals surface area (Å²) in [5.41, 5.74) is 1.50. The van der Waals surface area contributed by atoms with Crippen molar-refractivity contribution in [3.05, 3.63) is 51.0 Å². The zero-order valence-electron chi connectivity index (χ0n) is 8.83. The SMILES string of the molecule is CCc1nc(-c2ccccc2)c(Br)c(=O)[nH]1. The Kier molecular flexibility index (Phi) is 3.19. The van der Waals surface area contributed by atoms with Gasteiger partial charge < -0.3 is 4.98 Å². The molecule has 0 saturated heterocycles. The molecule has 0 atom stereocenters. The molecule has 16 heavy (non-hydrogen) atoms. The van der Waals surface area contributed by atoms with Gasteiger partial charge in [-0.25, -0.2) is 4.98 Å². The van der Waals surface area contributed by atoms with E-state index in [0.29, 0.717) is 22.4 Å². The van der Waals surface area contributed by atoms with Crippen LogP contribution in [0.5, 0.6) is 0 Å². The number of hydrogen-bond donors (Lipinski definition) is 1. The van der Waals surface area contributed by atoms with Crippen molar-refractivity contribution < 1.29 is 0 Å². The summed E-state index contributed by atoms with van der Waals surface area (Å²) in [6, 6.07) is 9.66. The first kappa shape index (κ1) is 11.1. The first-order chi connectivity index (χ1) is 7.72. The van der Waals surface area contributed by atoms with Crippen LogP contribution in [-0.4, -0.2) is 9.97 Å². The van der Waals surface area contributed by atoms with Crippen LogP contribution < -0.4 is 5.56 Å². The number of aromatic amines is 1. The topological polar surface area (TPSA) is 45.8 Å². The summed E-state index contributed by atoms with van der Waals surface area (Å²) < 4.78 is 0.482. The van der Waals surface area contributed by atoms with Crippen molar-refractivity contribution in [2.75, 3.05) is 0 Å². The number of nitrogens with one attached hydrogen (secondary N) is 1. The fourth-order valence-corrected chi connectivity index (χ4v) is 1.88. The van der Waals surface area contributed by atoms with Gasteiger partial charge in [0.2, 0.25) is 0 Å². The van der Waals surface area contributed by atoms with E-state index in [1.54, 1.807) is 0 Å². The molecule has 0 unspecified atom stereocenters. The Morgan fingerprint density at radius 2 is 2.00 bits per heavy atom. The molecule has 0 aliphatic heterocycles. The van der Waals surface area contributed by atoms with E-state index in [2.05, 4.69) is 25.9 Å². The monoisotopic (exact) mass is 278 g/mol. The van der Waals surface area contributed by atoms with Gasteiger partial charge in [-0.1, -0.05) is 37.3 Å². The molecule has 1 aromatic carbocycles. The highest BCUT2D eigenvalue weighted by Crippen LogP contribution is 2.22. The van der Waals surface area contributed by atoms with E-state index in [-0.39, 0.29) is 5.56 Å². The molecule has 1 N–H and O–H groups in total. The first-order valence-electron chi connectivity index (χ1n) is 5.06. The number of rotatable bonds is 2. The third-order valence-corrected chi connectivity index (χ3v) is 3.03. The summed E-state index contributed by atoms with van der Waals surface area (Å²) >= 11 is 3.27. The molecule has 0 aliphatic rings. The summed E-state index contributed by atoms with van der Waals surface area (Å²) in [6.45, 7) is 1.96. The second-order valence-corrected chi connectivity index (χ2v) is 4.19. The molecule has 82 valence electrons. The molecule has 4 heteroatoms. The number of aromatic nitrogens is 2. The van der Waals surface area contributed by atoms with Crippen LogP contribution >= 0.6 is 15.9 Å². The van der Waals surface area contributed by atoms with Gasteiger partial charge in [-0.05, 0) is 15.9 Å². The molecule has 2 aromatic rings. The van der Waals surface area contributed by atoms with Crippen molar-refractivity contribution in [2.45, 2.75) is 13.3 Å². The molecule has 1 aromatic heterocycles. The average Bonchev–Trinajstić information content (AvgIpc) is 2.33. The molecule has 0 radical (unpaired) electrons. The van der Waals surface area contributed by atoms with Crippen molar-refractivity contribution in [3.63, 3.8) is 0 Å². The Balaban J connectivity index is 2.65. The van der Waals surface area contributed by atoms with Crippen molar-refractivity contribution in [1.29, 1.82) is 0 Å². The van der Waals surface area contributed by atoms with Crippen LogP contribution in [0.15, 0.2) is 39.6 Å². The minimum atomic E-state index is -0.134. The molecule has 0 spiro atoms. The van der Waals surface area contributed by atoms with E-state index >= 15 is 0 Å². The highest BCUT2D eigenvalue weighted by atomic mass is 79.9. The lowest BCUT2D eigenvalue weighted by Gasteiger charge is -2.05. The molecule has 0 saturated carbocycles. The summed E-state index contributed by atoms with van der Waals surface area (Å²) in [6.07, 6.45) is 0.711. The van der Waals surface area contributed by atoms with Gasteiger partial charge in [0.15, 0.2) is 0 Å². The normalized spacial score (nSPS) is 10.4. The quantitative estimate of drug-likeness (QED) is 0.918. The minimum absolute atomic E-state index is 0.134. The average molecular weight is 279 g/mol. The van der Waals surface area contributed by atoms with Crippen molar-refractivity contribution in [3.8, 4) is 11.3 Å². The van der Waals surface area contributed by atoms with Crippen LogP contribution in [0.4, 0.5) is 0 Å². The van der Waals surface area contributed by atoms with E-state index in [1.807, 2.05) is 37.3 Å². The van der Waals surface area contributed by atoms with E-state index in [9.17, 15) is 4.79 Å². The van der Waals surface area contributed by atoms with Gasteiger partial charge in [-0.2, -0.15) is 0 Å². The summed E-state index contributed by atoms with van der Waals surface area (Å²) in [4.78, 5) is 18.8. The number of nitrogens with zero attached hydrogens (tertiary/aromatic N) is 1. The Hall–Kier alpha value is -1.42. The van der Waals surface area contributed by atoms with Gasteiger partial charge in [-0.3, -0.25) is 4.79 Å². The van der Waals surface area contributed by atoms with Gasteiger partial charge in [0.05, 0.1) is 5.69 Å². The molecular weight excluding hydrogens is 268 g/mol. The van der Waals surface area contributed by atoms with Crippen LogP contribution in [0.3, 0.4) is 0 Å². The van der Waals surface area contributed by atoms with Crippen LogP contribution in [-0.2, 0) is 6.42 Å². The number of hydrogen-bond acceptors (Lipinski definition) is 2. The van der Waals surface area contributed by atoms with Crippen LogP contribution in [0.25, 0.3) is 11.3 Å². The van der Waals surface area contributed by atoms with Gasteiger partial charge in [0, 0.05) is 12.0 Å². The van der Waals surface area contributed by atoms with Crippen LogP contribution in [0, 0.1) is 0 Å². The van der Waals surface area contributed by atoms with Gasteiger partial charge in [0.25, 0.3) is 5.56 Å². The minimum Gasteiger partial charge on any atom is -0.310 e. The van der Waals surface area contributed by atoms with E-state index in [1.165, 1.54) is 0 Å². The van der Waals surface area contributed by atoms with Crippen LogP contribution in [0.2, 0.25) is 0 Å². The molecule has 0 amide bonds. The largest absolute Gasteiger partial charge is 0.310 e. The predicted molar refractivity (Wildman–Crippen MR) is 67.4 cm³/mol. The fourth-order valence-electron chi connectivity index (χ4n) is 1.46. The van der Waals surface area contributed by atoms with Crippen molar-refractivity contribution in [1.82, 2.24) is 9.97 Å². The lowest BCUT2D eigenvalue weighted by Crippen LogP contribution is -2.13. The summed E-state index contributed by atoms with van der Waals surface area (Å²) in [5, 5.41) is 0. The second-order valence-electron chi connectivity index (χ2n) is 3.39. The Labute approximate surface area is 102 Å². The Morgan fingerprint density at radius 3 is 2.62 bits per heavy atom. The zero-order valence-corrected chi connectivity index (χ0v) is 10.4. The van der Waals surface area contributed by atoms with Crippen molar-refractivity contribution >= 4 is 15.9 Å². The van der Waals surface area contributed by atoms with Gasteiger partial charge >= 0.3 is 0 Å². The molecule has 0 bridgehead atoms. The smallest absolute Gasteiger partial charge is 0.265 e. The van der Waals surface area contributed by atoms with Gasteiger partial charge in [0.1, 0.15) is 10.3 Å². The number of aryl methyl sites for hydroxylation is 1. The standard InChI is InChI=1S/C12H11BrN2O/c1-2-9-14-11(10(13)12(16)15-9)8-6-4-3-5-7-8/h3-7H,2H2,1H3,(H,14,15,16). The molecule has 0 fully saturated rings. The lowest BCUT2D eigenvalue weighted by molar-refractivity contribution is 0.917. The lowest BCUT2D eigenvalue weighted by atomic mass is 10.1. The molecule has 2 rings (SSSR count). The highest BCUT2D eigenvalue weighted by Gasteiger charge is 2.09. The maximum atomic E-state index is 11.7. The number of halogens is 1. The molecule has 0 aliphatic carbocycles. The Morgan fingerprint density at radius 1 is 1.31 bits per heavy atom. The highest BCUT2D eigenvalue weighted by molar-refractivity contribution is 9.10. The Bertz CT molecular complexity index is 549. The number of H-pyrrole nitrogens is 1. The second kappa shape index (κ2) is 4.61. The van der Waals surface area contributed by atoms with Crippen molar-refractivity contribution in [2.24, 2.45) is 0 Å². The molecule has 1 heterocycles. The third kappa shape index (κ3) is 2.07. The summed E-state index contributed by atoms with van der Waals surface area (Å²) in [5.74, 6) is 0.701. The predicted octanol–water partition coefficient (Wildman–Crippen LogP) is 2.76. The fraction of sp³-hybridized carbons (Fsp3) is 0.167. The first-order valence-corrected chi connectivity index (χ1v) is 5.85. The molecule has 3 nitrogen and oxygen atoms in total. The summed E-state index contributed by atoms with van der Waals surface area (Å²) in [7, 11) is 0. The van der Waals surface area contributed by atoms with E-state index in [0.717, 1.165) is 5.56 Å². The molecular formula is C12H11BrN2O. The third-order valence-electron chi connectivity index (χ3n) is 2.29. The van der Waals surface area contributed by atoms with E-state index < -0.39 is 0 Å². The maximum absolute atomic E-state index is 11.7. The zero-order chi connectivity index (χ0) is 11.5. The maximum Gasteiger partial charge on any atom is 0.265 e.